The van der Waals surface area contributed by atoms with Gasteiger partial charge >= 0.3 is 18.3 Å². The molecule has 196 valence electrons. The Morgan fingerprint density at radius 1 is 1.11 bits per heavy atom. The average molecular weight is 517 g/mol. The zero-order chi connectivity index (χ0) is 26.5. The lowest BCUT2D eigenvalue weighted by atomic mass is 9.70. The molecule has 0 unspecified atom stereocenters. The van der Waals surface area contributed by atoms with Gasteiger partial charge in [0.15, 0.2) is 0 Å². The number of halogens is 6. The Balaban J connectivity index is 1.42. The Bertz CT molecular complexity index is 1140. The number of benzene rings is 2. The number of alkyl halides is 6. The van der Waals surface area contributed by atoms with Crippen molar-refractivity contribution in [2.24, 2.45) is 5.92 Å². The van der Waals surface area contributed by atoms with Crippen LogP contribution >= 0.6 is 0 Å². The number of hydrogen-bond acceptors (Lipinski definition) is 4. The van der Waals surface area contributed by atoms with Crippen LogP contribution < -0.4 is 10.1 Å². The van der Waals surface area contributed by atoms with Crippen LogP contribution in [0.5, 0.6) is 5.75 Å². The van der Waals surface area contributed by atoms with Gasteiger partial charge in [0.1, 0.15) is 11.4 Å². The molecule has 0 saturated heterocycles. The maximum absolute atomic E-state index is 13.3. The molecule has 0 radical (unpaired) electrons. The number of nitrogens with one attached hydrogen (secondary N) is 1. The maximum Gasteiger partial charge on any atom is 0.416 e. The van der Waals surface area contributed by atoms with Gasteiger partial charge in [0.2, 0.25) is 0 Å². The molecule has 2 aromatic rings. The molecule has 0 bridgehead atoms. The lowest BCUT2D eigenvalue weighted by molar-refractivity contribution is -0.145. The first-order valence-electron chi connectivity index (χ1n) is 11.4. The molecule has 2 aromatic carbocycles. The number of carboxylic acid groups (broad SMARTS) is 1. The second-order valence-electron chi connectivity index (χ2n) is 9.58. The van der Waals surface area contributed by atoms with Crippen molar-refractivity contribution < 1.29 is 46.1 Å². The van der Waals surface area contributed by atoms with Crippen LogP contribution in [0.3, 0.4) is 0 Å². The van der Waals surface area contributed by atoms with E-state index in [9.17, 15) is 36.2 Å². The zero-order valence-corrected chi connectivity index (χ0v) is 19.2. The Kier molecular flexibility index (Phi) is 6.76. The molecule has 1 fully saturated rings. The number of aryl methyl sites for hydroxylation is 1. The third-order valence-electron chi connectivity index (χ3n) is 7.03. The van der Waals surface area contributed by atoms with Crippen LogP contribution in [0.25, 0.3) is 0 Å². The van der Waals surface area contributed by atoms with Crippen molar-refractivity contribution >= 4 is 5.97 Å². The van der Waals surface area contributed by atoms with Crippen LogP contribution in [0, 0.1) is 5.92 Å². The van der Waals surface area contributed by atoms with E-state index < -0.39 is 52.6 Å². The predicted molar refractivity (Wildman–Crippen MR) is 116 cm³/mol. The molecule has 1 aliphatic heterocycles. The van der Waals surface area contributed by atoms with Crippen LogP contribution in [-0.2, 0) is 30.1 Å². The fourth-order valence-corrected chi connectivity index (χ4v) is 4.84. The van der Waals surface area contributed by atoms with Gasteiger partial charge in [-0.2, -0.15) is 26.3 Å². The van der Waals surface area contributed by atoms with Gasteiger partial charge in [0.05, 0.1) is 23.1 Å². The third kappa shape index (κ3) is 5.31. The summed E-state index contributed by atoms with van der Waals surface area (Å²) in [7, 11) is 0. The highest BCUT2D eigenvalue weighted by Crippen LogP contribution is 2.46. The topological polar surface area (TPSA) is 78.8 Å². The van der Waals surface area contributed by atoms with Crippen LogP contribution in [-0.4, -0.2) is 27.8 Å². The van der Waals surface area contributed by atoms with Gasteiger partial charge < -0.3 is 20.3 Å². The molecular weight excluding hydrogens is 492 g/mol. The summed E-state index contributed by atoms with van der Waals surface area (Å²) in [5.41, 5.74) is -2.00. The van der Waals surface area contributed by atoms with Crippen molar-refractivity contribution in [2.45, 2.75) is 69.3 Å². The predicted octanol–water partition coefficient (Wildman–Crippen LogP) is 5.49. The minimum absolute atomic E-state index is 0.247. The van der Waals surface area contributed by atoms with Crippen molar-refractivity contribution in [3.8, 4) is 5.75 Å². The number of aliphatic carboxylic acids is 1. The van der Waals surface area contributed by atoms with E-state index in [1.165, 1.54) is 6.92 Å². The minimum Gasteiger partial charge on any atom is -0.487 e. The second-order valence-corrected chi connectivity index (χ2v) is 9.58. The van der Waals surface area contributed by atoms with E-state index in [2.05, 4.69) is 5.32 Å². The molecule has 36 heavy (non-hydrogen) atoms. The van der Waals surface area contributed by atoms with E-state index in [4.69, 9.17) is 9.84 Å². The molecule has 2 atom stereocenters. The molecule has 11 heteroatoms. The van der Waals surface area contributed by atoms with Gasteiger partial charge in [-0.1, -0.05) is 12.1 Å². The molecule has 0 amide bonds. The normalized spacial score (nSPS) is 23.4. The number of rotatable bonds is 6. The molecule has 0 aromatic heterocycles. The van der Waals surface area contributed by atoms with Crippen LogP contribution in [0.4, 0.5) is 26.3 Å². The van der Waals surface area contributed by atoms with Gasteiger partial charge in [-0.15, -0.1) is 0 Å². The van der Waals surface area contributed by atoms with Gasteiger partial charge in [0.25, 0.3) is 0 Å². The number of carbonyl (C=O) groups is 1. The Morgan fingerprint density at radius 3 is 2.42 bits per heavy atom. The number of hydrogen-bond donors (Lipinski definition) is 3. The summed E-state index contributed by atoms with van der Waals surface area (Å²) in [5, 5.41) is 22.4. The standard InChI is InChI=1S/C25H25F6NO4/c1-13(22(34)35)21(33)15-3-2-14-6-7-23(36-20(14)9-15)10-18(11-23)32-12-16-8-17(24(26,27)28)4-5-19(16)25(29,30)31/h2-5,8-9,13,18,21,32-33H,6-7,10-12H2,1H3,(H,34,35)/t13-,18?,21+,23?/m0/s1. The number of ether oxygens (including phenoxy) is 1. The highest BCUT2D eigenvalue weighted by atomic mass is 19.4. The Labute approximate surface area is 203 Å². The van der Waals surface area contributed by atoms with Crippen molar-refractivity contribution in [3.05, 3.63) is 64.2 Å². The first-order chi connectivity index (χ1) is 16.7. The molecule has 3 N–H and O–H groups in total. The lowest BCUT2D eigenvalue weighted by Crippen LogP contribution is -2.58. The number of carboxylic acids is 1. The highest BCUT2D eigenvalue weighted by Gasteiger charge is 2.48. The van der Waals surface area contributed by atoms with Crippen molar-refractivity contribution in [3.63, 3.8) is 0 Å². The van der Waals surface area contributed by atoms with Gasteiger partial charge in [-0.25, -0.2) is 0 Å². The van der Waals surface area contributed by atoms with Gasteiger partial charge in [-0.05, 0) is 60.7 Å². The summed E-state index contributed by atoms with van der Waals surface area (Å²) >= 11 is 0. The molecule has 1 heterocycles. The Morgan fingerprint density at radius 2 is 1.81 bits per heavy atom. The molecule has 1 saturated carbocycles. The molecule has 1 aliphatic carbocycles. The molecule has 2 aliphatic rings. The van der Waals surface area contributed by atoms with E-state index in [-0.39, 0.29) is 12.6 Å². The fourth-order valence-electron chi connectivity index (χ4n) is 4.84. The summed E-state index contributed by atoms with van der Waals surface area (Å²) in [6.45, 7) is 1.02. The average Bonchev–Trinajstić information content (AvgIpc) is 2.78. The molecule has 5 nitrogen and oxygen atoms in total. The van der Waals surface area contributed by atoms with E-state index in [0.717, 1.165) is 5.56 Å². The monoisotopic (exact) mass is 517 g/mol. The Hall–Kier alpha value is -2.79. The fraction of sp³-hybridized carbons (Fsp3) is 0.480. The summed E-state index contributed by atoms with van der Waals surface area (Å²) in [5.74, 6) is -1.64. The second kappa shape index (κ2) is 9.26. The highest BCUT2D eigenvalue weighted by molar-refractivity contribution is 5.70. The molecule has 1 spiro atoms. The minimum atomic E-state index is -4.78. The first kappa shape index (κ1) is 26.3. The quantitative estimate of drug-likeness (QED) is 0.442. The van der Waals surface area contributed by atoms with E-state index in [1.807, 2.05) is 0 Å². The number of aliphatic hydroxyl groups is 1. The smallest absolute Gasteiger partial charge is 0.416 e. The summed E-state index contributed by atoms with van der Waals surface area (Å²) in [4.78, 5) is 11.2. The third-order valence-corrected chi connectivity index (χ3v) is 7.03. The maximum atomic E-state index is 13.3. The van der Waals surface area contributed by atoms with Crippen molar-refractivity contribution in [2.75, 3.05) is 0 Å². The summed E-state index contributed by atoms with van der Waals surface area (Å²) in [6, 6.07) is 6.21. The van der Waals surface area contributed by atoms with E-state index in [0.29, 0.717) is 55.2 Å². The lowest BCUT2D eigenvalue weighted by Gasteiger charge is -2.50. The van der Waals surface area contributed by atoms with Crippen molar-refractivity contribution in [1.29, 1.82) is 0 Å². The van der Waals surface area contributed by atoms with Gasteiger partial charge in [-0.3, -0.25) is 4.79 Å². The number of aliphatic hydroxyl groups excluding tert-OH is 1. The largest absolute Gasteiger partial charge is 0.487 e. The number of fused-ring (bicyclic) bond motifs is 1. The van der Waals surface area contributed by atoms with Gasteiger partial charge in [0, 0.05) is 25.4 Å². The van der Waals surface area contributed by atoms with E-state index in [1.54, 1.807) is 18.2 Å². The van der Waals surface area contributed by atoms with Crippen LogP contribution in [0.2, 0.25) is 0 Å². The van der Waals surface area contributed by atoms with Crippen molar-refractivity contribution in [1.82, 2.24) is 5.32 Å². The van der Waals surface area contributed by atoms with Crippen LogP contribution in [0.1, 0.15) is 60.1 Å². The SMILES string of the molecule is C[C@H](C(=O)O)[C@@H](O)c1ccc2c(c1)OC1(CC2)CC(NCc2cc(C(F)(F)F)ccc2C(F)(F)F)C1. The molecular formula is C25H25F6NO4. The molecule has 4 rings (SSSR count). The summed E-state index contributed by atoms with van der Waals surface area (Å²) in [6.07, 6.45) is -8.53. The first-order valence-corrected chi connectivity index (χ1v) is 11.4. The zero-order valence-electron chi connectivity index (χ0n) is 19.2. The van der Waals surface area contributed by atoms with E-state index >= 15 is 0 Å². The summed E-state index contributed by atoms with van der Waals surface area (Å²) < 4.78 is 85.3. The van der Waals surface area contributed by atoms with Crippen LogP contribution in [0.15, 0.2) is 36.4 Å².